The summed E-state index contributed by atoms with van der Waals surface area (Å²) in [6.45, 7) is 1.96. The largest absolute Gasteiger partial charge is 0.493 e. The molecule has 15 heavy (non-hydrogen) atoms. The van der Waals surface area contributed by atoms with Crippen molar-refractivity contribution >= 4 is 6.29 Å². The fraction of sp³-hybridized carbons (Fsp3) is 0.417. The van der Waals surface area contributed by atoms with Gasteiger partial charge in [-0.15, -0.1) is 0 Å². The summed E-state index contributed by atoms with van der Waals surface area (Å²) in [6.07, 6.45) is 2.52. The third kappa shape index (κ3) is 2.78. The van der Waals surface area contributed by atoms with Crippen molar-refractivity contribution < 1.29 is 13.9 Å². The third-order valence-corrected chi connectivity index (χ3v) is 2.32. The molecule has 0 atom stereocenters. The third-order valence-electron chi connectivity index (χ3n) is 2.32. The Kier molecular flexibility index (Phi) is 4.28. The molecule has 3 heteroatoms. The van der Waals surface area contributed by atoms with Crippen molar-refractivity contribution in [1.82, 2.24) is 0 Å². The molecule has 0 spiro atoms. The zero-order valence-corrected chi connectivity index (χ0v) is 9.05. The summed E-state index contributed by atoms with van der Waals surface area (Å²) in [6, 6.07) is 3.37. The molecule has 0 bridgehead atoms. The zero-order chi connectivity index (χ0) is 11.3. The molecular weight excluding hydrogens is 195 g/mol. The van der Waals surface area contributed by atoms with Crippen molar-refractivity contribution in [3.05, 3.63) is 29.1 Å². The number of hydrogen-bond donors (Lipinski definition) is 0. The van der Waals surface area contributed by atoms with E-state index in [9.17, 15) is 9.18 Å². The van der Waals surface area contributed by atoms with E-state index < -0.39 is 0 Å². The molecule has 1 aromatic carbocycles. The fourth-order valence-corrected chi connectivity index (χ4v) is 1.55. The zero-order valence-electron chi connectivity index (χ0n) is 9.05. The van der Waals surface area contributed by atoms with E-state index in [2.05, 4.69) is 0 Å². The SMILES string of the molecule is CCc1cc(F)c(OC)c(CCC=O)c1. The monoisotopic (exact) mass is 210 g/mol. The first-order valence-corrected chi connectivity index (χ1v) is 5.01. The van der Waals surface area contributed by atoms with Crippen LogP contribution in [0.5, 0.6) is 5.75 Å². The summed E-state index contributed by atoms with van der Waals surface area (Å²) in [7, 11) is 1.44. The minimum Gasteiger partial charge on any atom is -0.493 e. The van der Waals surface area contributed by atoms with E-state index in [4.69, 9.17) is 4.74 Å². The highest BCUT2D eigenvalue weighted by atomic mass is 19.1. The molecule has 2 nitrogen and oxygen atoms in total. The number of carbonyl (C=O) groups is 1. The Morgan fingerprint density at radius 2 is 2.20 bits per heavy atom. The van der Waals surface area contributed by atoms with Gasteiger partial charge in [0.2, 0.25) is 0 Å². The molecule has 0 aliphatic rings. The van der Waals surface area contributed by atoms with Crippen molar-refractivity contribution in [2.75, 3.05) is 7.11 Å². The van der Waals surface area contributed by atoms with Crippen LogP contribution in [0.1, 0.15) is 24.5 Å². The second-order valence-corrected chi connectivity index (χ2v) is 3.33. The molecule has 0 radical (unpaired) electrons. The van der Waals surface area contributed by atoms with E-state index >= 15 is 0 Å². The maximum absolute atomic E-state index is 13.5. The Morgan fingerprint density at radius 1 is 1.47 bits per heavy atom. The molecule has 1 rings (SSSR count). The molecule has 0 aliphatic carbocycles. The van der Waals surface area contributed by atoms with Gasteiger partial charge in [-0.2, -0.15) is 0 Å². The molecule has 82 valence electrons. The van der Waals surface area contributed by atoms with Crippen LogP contribution in [0.4, 0.5) is 4.39 Å². The van der Waals surface area contributed by atoms with E-state index in [1.807, 2.05) is 13.0 Å². The number of hydrogen-bond acceptors (Lipinski definition) is 2. The molecule has 0 saturated carbocycles. The minimum atomic E-state index is -0.349. The number of carbonyl (C=O) groups excluding carboxylic acids is 1. The normalized spacial score (nSPS) is 10.1. The number of rotatable bonds is 5. The summed E-state index contributed by atoms with van der Waals surface area (Å²) in [5, 5.41) is 0. The van der Waals surface area contributed by atoms with Crippen molar-refractivity contribution in [3.63, 3.8) is 0 Å². The minimum absolute atomic E-state index is 0.258. The van der Waals surface area contributed by atoms with Crippen molar-refractivity contribution in [2.45, 2.75) is 26.2 Å². The molecule has 0 unspecified atom stereocenters. The number of methoxy groups -OCH3 is 1. The first-order chi connectivity index (χ1) is 7.22. The van der Waals surface area contributed by atoms with Gasteiger partial charge in [0.15, 0.2) is 11.6 Å². The Hall–Kier alpha value is -1.38. The quantitative estimate of drug-likeness (QED) is 0.698. The highest BCUT2D eigenvalue weighted by Crippen LogP contribution is 2.25. The maximum Gasteiger partial charge on any atom is 0.165 e. The van der Waals surface area contributed by atoms with Crippen LogP contribution in [-0.2, 0) is 17.6 Å². The van der Waals surface area contributed by atoms with Crippen LogP contribution in [0.2, 0.25) is 0 Å². The smallest absolute Gasteiger partial charge is 0.165 e. The number of ether oxygens (including phenoxy) is 1. The second-order valence-electron chi connectivity index (χ2n) is 3.33. The Morgan fingerprint density at radius 3 is 2.73 bits per heavy atom. The van der Waals surface area contributed by atoms with Gasteiger partial charge in [0.1, 0.15) is 6.29 Å². The highest BCUT2D eigenvalue weighted by molar-refractivity contribution is 5.51. The van der Waals surface area contributed by atoms with Crippen LogP contribution >= 0.6 is 0 Å². The van der Waals surface area contributed by atoms with Crippen LogP contribution < -0.4 is 4.74 Å². The topological polar surface area (TPSA) is 26.3 Å². The lowest BCUT2D eigenvalue weighted by Crippen LogP contribution is -1.98. The van der Waals surface area contributed by atoms with E-state index in [-0.39, 0.29) is 11.6 Å². The Bertz CT molecular complexity index is 348. The molecule has 0 heterocycles. The van der Waals surface area contributed by atoms with Gasteiger partial charge in [0.05, 0.1) is 7.11 Å². The van der Waals surface area contributed by atoms with Crippen LogP contribution in [0.3, 0.4) is 0 Å². The van der Waals surface area contributed by atoms with Crippen LogP contribution in [0.15, 0.2) is 12.1 Å². The highest BCUT2D eigenvalue weighted by Gasteiger charge is 2.10. The van der Waals surface area contributed by atoms with Crippen molar-refractivity contribution in [1.29, 1.82) is 0 Å². The van der Waals surface area contributed by atoms with Gasteiger partial charge in [-0.1, -0.05) is 13.0 Å². The standard InChI is InChI=1S/C12H15FO2/c1-3-9-7-10(5-4-6-14)12(15-2)11(13)8-9/h6-8H,3-5H2,1-2H3. The average Bonchev–Trinajstić information content (AvgIpc) is 2.25. The summed E-state index contributed by atoms with van der Waals surface area (Å²) in [4.78, 5) is 10.3. The first kappa shape index (κ1) is 11.7. The lowest BCUT2D eigenvalue weighted by Gasteiger charge is -2.10. The molecule has 0 fully saturated rings. The van der Waals surface area contributed by atoms with Crippen molar-refractivity contribution in [3.8, 4) is 5.75 Å². The first-order valence-electron chi connectivity index (χ1n) is 5.01. The number of benzene rings is 1. The number of aryl methyl sites for hydroxylation is 2. The summed E-state index contributed by atoms with van der Waals surface area (Å²) >= 11 is 0. The van der Waals surface area contributed by atoms with Crippen LogP contribution in [-0.4, -0.2) is 13.4 Å². The molecular formula is C12H15FO2. The van der Waals surface area contributed by atoms with Gasteiger partial charge < -0.3 is 9.53 Å². The average molecular weight is 210 g/mol. The lowest BCUT2D eigenvalue weighted by atomic mass is 10.0. The molecule has 1 aromatic rings. The lowest BCUT2D eigenvalue weighted by molar-refractivity contribution is -0.107. The van der Waals surface area contributed by atoms with Gasteiger partial charge in [-0.05, 0) is 30.0 Å². The summed E-state index contributed by atoms with van der Waals surface area (Å²) < 4.78 is 18.5. The van der Waals surface area contributed by atoms with Gasteiger partial charge in [0, 0.05) is 6.42 Å². The van der Waals surface area contributed by atoms with Gasteiger partial charge in [0.25, 0.3) is 0 Å². The molecule has 0 amide bonds. The van der Waals surface area contributed by atoms with E-state index in [1.165, 1.54) is 13.2 Å². The molecule has 0 N–H and O–H groups in total. The molecule has 0 aliphatic heterocycles. The summed E-state index contributed by atoms with van der Waals surface area (Å²) in [5.74, 6) is -0.0909. The van der Waals surface area contributed by atoms with Crippen LogP contribution in [0, 0.1) is 5.82 Å². The second kappa shape index (κ2) is 5.49. The van der Waals surface area contributed by atoms with E-state index in [1.54, 1.807) is 0 Å². The predicted octanol–water partition coefficient (Wildman–Crippen LogP) is 2.53. The Balaban J connectivity index is 3.07. The molecule has 0 aromatic heterocycles. The van der Waals surface area contributed by atoms with Gasteiger partial charge in [-0.3, -0.25) is 0 Å². The molecule has 0 saturated heterocycles. The Labute approximate surface area is 89.1 Å². The maximum atomic E-state index is 13.5. The number of aldehydes is 1. The number of halogens is 1. The summed E-state index contributed by atoms with van der Waals surface area (Å²) in [5.41, 5.74) is 1.69. The van der Waals surface area contributed by atoms with Gasteiger partial charge >= 0.3 is 0 Å². The van der Waals surface area contributed by atoms with Gasteiger partial charge in [-0.25, -0.2) is 4.39 Å². The fourth-order valence-electron chi connectivity index (χ4n) is 1.55. The predicted molar refractivity (Wildman–Crippen MR) is 56.7 cm³/mol. The van der Waals surface area contributed by atoms with E-state index in [0.29, 0.717) is 12.8 Å². The van der Waals surface area contributed by atoms with Crippen LogP contribution in [0.25, 0.3) is 0 Å². The van der Waals surface area contributed by atoms with Crippen molar-refractivity contribution in [2.24, 2.45) is 0 Å². The van der Waals surface area contributed by atoms with E-state index in [0.717, 1.165) is 23.8 Å².